The van der Waals surface area contributed by atoms with E-state index in [0.717, 1.165) is 0 Å². The van der Waals surface area contributed by atoms with Crippen LogP contribution >= 0.6 is 0 Å². The van der Waals surface area contributed by atoms with Gasteiger partial charge >= 0.3 is 10.1 Å². The maximum absolute atomic E-state index is 10.6. The fourth-order valence-corrected chi connectivity index (χ4v) is 1.64. The molecule has 1 heterocycles. The van der Waals surface area contributed by atoms with Gasteiger partial charge in [0.05, 0.1) is 0 Å². The maximum atomic E-state index is 10.6. The van der Waals surface area contributed by atoms with Crippen LogP contribution in [0.3, 0.4) is 0 Å². The van der Waals surface area contributed by atoms with E-state index in [1.807, 2.05) is 0 Å². The van der Waals surface area contributed by atoms with Crippen molar-refractivity contribution in [3.63, 3.8) is 0 Å². The molecule has 4 nitrogen and oxygen atoms in total. The van der Waals surface area contributed by atoms with Crippen LogP contribution in [0, 0.1) is 0 Å². The molecule has 0 bridgehead atoms. The summed E-state index contributed by atoms with van der Waals surface area (Å²) in [4.78, 5) is 10.6. The lowest BCUT2D eigenvalue weighted by molar-refractivity contribution is -0.112. The molecule has 1 rings (SSSR count). The van der Waals surface area contributed by atoms with E-state index in [-0.39, 0.29) is 5.76 Å². The molecule has 0 aromatic heterocycles. The Kier molecular flexibility index (Phi) is 1.52. The molecular formula is C5H6O4S. The van der Waals surface area contributed by atoms with Gasteiger partial charge in [-0.25, -0.2) is 0 Å². The van der Waals surface area contributed by atoms with Gasteiger partial charge in [-0.05, 0) is 6.92 Å². The molecule has 5 heteroatoms. The average molecular weight is 162 g/mol. The zero-order chi connectivity index (χ0) is 7.78. The third kappa shape index (κ3) is 1.57. The third-order valence-electron chi connectivity index (χ3n) is 0.942. The molecule has 56 valence electrons. The van der Waals surface area contributed by atoms with E-state index >= 15 is 0 Å². The van der Waals surface area contributed by atoms with E-state index in [4.69, 9.17) is 0 Å². The van der Waals surface area contributed by atoms with Gasteiger partial charge in [0, 0.05) is 6.08 Å². The van der Waals surface area contributed by atoms with Gasteiger partial charge in [-0.3, -0.25) is 4.79 Å². The van der Waals surface area contributed by atoms with Crippen LogP contribution in [0.1, 0.15) is 6.92 Å². The quantitative estimate of drug-likeness (QED) is 0.463. The van der Waals surface area contributed by atoms with Crippen molar-refractivity contribution in [3.05, 3.63) is 11.8 Å². The Labute approximate surface area is 58.6 Å². The van der Waals surface area contributed by atoms with Gasteiger partial charge in [-0.2, -0.15) is 8.42 Å². The van der Waals surface area contributed by atoms with Crippen molar-refractivity contribution < 1.29 is 17.4 Å². The molecule has 1 aliphatic rings. The first-order valence-corrected chi connectivity index (χ1v) is 4.21. The highest BCUT2D eigenvalue weighted by Crippen LogP contribution is 2.09. The molecule has 0 saturated heterocycles. The van der Waals surface area contributed by atoms with Crippen molar-refractivity contribution in [3.8, 4) is 0 Å². The Morgan fingerprint density at radius 1 is 1.60 bits per heavy atom. The number of hydrogen-bond donors (Lipinski definition) is 0. The van der Waals surface area contributed by atoms with E-state index in [9.17, 15) is 13.2 Å². The molecule has 0 N–H and O–H groups in total. The highest BCUT2D eigenvalue weighted by molar-refractivity contribution is 7.87. The lowest BCUT2D eigenvalue weighted by Crippen LogP contribution is -2.21. The molecule has 0 aromatic rings. The van der Waals surface area contributed by atoms with Crippen molar-refractivity contribution in [2.24, 2.45) is 0 Å². The smallest absolute Gasteiger partial charge is 0.316 e. The van der Waals surface area contributed by atoms with E-state index in [2.05, 4.69) is 4.18 Å². The fourth-order valence-electron chi connectivity index (χ4n) is 0.696. The summed E-state index contributed by atoms with van der Waals surface area (Å²) in [6.07, 6.45) is 1.17. The van der Waals surface area contributed by atoms with Crippen molar-refractivity contribution >= 4 is 15.9 Å². The van der Waals surface area contributed by atoms with Gasteiger partial charge in [-0.1, -0.05) is 0 Å². The molecule has 0 spiro atoms. The molecule has 0 atom stereocenters. The van der Waals surface area contributed by atoms with Gasteiger partial charge in [0.2, 0.25) is 0 Å². The van der Waals surface area contributed by atoms with Crippen LogP contribution in [0.4, 0.5) is 0 Å². The van der Waals surface area contributed by atoms with Crippen LogP contribution < -0.4 is 0 Å². The summed E-state index contributed by atoms with van der Waals surface area (Å²) in [5, 5.41) is 0. The van der Waals surface area contributed by atoms with Crippen molar-refractivity contribution in [2.45, 2.75) is 6.92 Å². The van der Waals surface area contributed by atoms with Gasteiger partial charge in [0.15, 0.2) is 5.78 Å². The first kappa shape index (κ1) is 7.27. The predicted molar refractivity (Wildman–Crippen MR) is 33.6 cm³/mol. The lowest BCUT2D eigenvalue weighted by atomic mass is 10.4. The Morgan fingerprint density at radius 3 is 2.60 bits per heavy atom. The first-order valence-electron chi connectivity index (χ1n) is 2.63. The summed E-state index contributed by atoms with van der Waals surface area (Å²) >= 11 is 0. The minimum absolute atomic E-state index is 0.135. The van der Waals surface area contributed by atoms with Crippen molar-refractivity contribution in [1.82, 2.24) is 0 Å². The fraction of sp³-hybridized carbons (Fsp3) is 0.400. The zero-order valence-electron chi connectivity index (χ0n) is 5.33. The van der Waals surface area contributed by atoms with Crippen LogP contribution in [0.25, 0.3) is 0 Å². The number of rotatable bonds is 0. The monoisotopic (exact) mass is 162 g/mol. The lowest BCUT2D eigenvalue weighted by Gasteiger charge is -2.09. The molecule has 0 unspecified atom stereocenters. The van der Waals surface area contributed by atoms with Crippen LogP contribution in [0.15, 0.2) is 11.8 Å². The first-order chi connectivity index (χ1) is 4.49. The van der Waals surface area contributed by atoms with Crippen LogP contribution in [-0.4, -0.2) is 20.0 Å². The SMILES string of the molecule is CC1=CC(=O)CS(=O)(=O)O1. The number of hydrogen-bond acceptors (Lipinski definition) is 4. The van der Waals surface area contributed by atoms with Crippen LogP contribution in [-0.2, 0) is 19.1 Å². The minimum Gasteiger partial charge on any atom is -0.387 e. The van der Waals surface area contributed by atoms with Gasteiger partial charge in [-0.15, -0.1) is 0 Å². The summed E-state index contributed by atoms with van der Waals surface area (Å²) in [5.74, 6) is -0.829. The number of carbonyl (C=O) groups is 1. The minimum atomic E-state index is -3.60. The van der Waals surface area contributed by atoms with Gasteiger partial charge in [0.1, 0.15) is 11.5 Å². The Balaban J connectivity index is 3.02. The molecule has 0 aromatic carbocycles. The number of allylic oxidation sites excluding steroid dienone is 2. The number of ketones is 1. The molecule has 10 heavy (non-hydrogen) atoms. The summed E-state index contributed by atoms with van der Waals surface area (Å²) in [7, 11) is -3.60. The highest BCUT2D eigenvalue weighted by Gasteiger charge is 2.22. The molecule has 0 amide bonds. The second-order valence-electron chi connectivity index (χ2n) is 2.01. The zero-order valence-corrected chi connectivity index (χ0v) is 6.14. The normalized spacial score (nSPS) is 23.3. The standard InChI is InChI=1S/C5H6O4S/c1-4-2-5(6)3-10(7,8)9-4/h2H,3H2,1H3. The van der Waals surface area contributed by atoms with Crippen molar-refractivity contribution in [2.75, 3.05) is 5.75 Å². The summed E-state index contributed by atoms with van der Waals surface area (Å²) in [6.45, 7) is 1.43. The highest BCUT2D eigenvalue weighted by atomic mass is 32.2. The molecule has 0 saturated carbocycles. The molecular weight excluding hydrogens is 156 g/mol. The topological polar surface area (TPSA) is 60.4 Å². The molecule has 0 fully saturated rings. The van der Waals surface area contributed by atoms with Crippen LogP contribution in [0.5, 0.6) is 0 Å². The van der Waals surface area contributed by atoms with E-state index in [1.165, 1.54) is 13.0 Å². The van der Waals surface area contributed by atoms with E-state index in [1.54, 1.807) is 0 Å². The molecule has 0 radical (unpaired) electrons. The third-order valence-corrected chi connectivity index (χ3v) is 2.10. The summed E-state index contributed by atoms with van der Waals surface area (Å²) in [5.41, 5.74) is 0. The van der Waals surface area contributed by atoms with Gasteiger partial charge in [0.25, 0.3) is 0 Å². The Morgan fingerprint density at radius 2 is 2.20 bits per heavy atom. The summed E-state index contributed by atoms with van der Waals surface area (Å²) in [6, 6.07) is 0. The Hall–Kier alpha value is -0.840. The van der Waals surface area contributed by atoms with Gasteiger partial charge < -0.3 is 4.18 Å². The summed E-state index contributed by atoms with van der Waals surface area (Å²) < 4.78 is 25.5. The molecule has 1 aliphatic heterocycles. The maximum Gasteiger partial charge on any atom is 0.316 e. The predicted octanol–water partition coefficient (Wildman–Crippen LogP) is -0.181. The van der Waals surface area contributed by atoms with E-state index < -0.39 is 21.7 Å². The average Bonchev–Trinajstić information content (AvgIpc) is 1.54. The largest absolute Gasteiger partial charge is 0.387 e. The molecule has 0 aliphatic carbocycles. The van der Waals surface area contributed by atoms with Crippen molar-refractivity contribution in [1.29, 1.82) is 0 Å². The number of carbonyl (C=O) groups excluding carboxylic acids is 1. The second-order valence-corrected chi connectivity index (χ2v) is 3.58. The Bertz CT molecular complexity index is 285. The van der Waals surface area contributed by atoms with E-state index in [0.29, 0.717) is 0 Å². The van der Waals surface area contributed by atoms with Crippen LogP contribution in [0.2, 0.25) is 0 Å². The second kappa shape index (κ2) is 2.09.